The van der Waals surface area contributed by atoms with E-state index in [1.165, 1.54) is 18.3 Å². The van der Waals surface area contributed by atoms with Gasteiger partial charge in [0.25, 0.3) is 12.3 Å². The highest BCUT2D eigenvalue weighted by Gasteiger charge is 2.29. The summed E-state index contributed by atoms with van der Waals surface area (Å²) in [6, 6.07) is 6.21. The standard InChI is InChI=1S/C19H20F2N4O3/c1-11-14(4-5-17(24-11)28-10-15(20)21)9-23-18(26)13-6-7-22-16(8-13)25-19(27)12-2-3-12/h4-8,12,15H,2-3,9-10H2,1H3,(H,23,26)(H,22,25,27). The maximum Gasteiger partial charge on any atom is 0.272 e. The Morgan fingerprint density at radius 2 is 2.07 bits per heavy atom. The molecular weight excluding hydrogens is 370 g/mol. The molecule has 2 heterocycles. The summed E-state index contributed by atoms with van der Waals surface area (Å²) in [5, 5.41) is 5.46. The minimum absolute atomic E-state index is 0.0439. The Morgan fingerprint density at radius 3 is 2.75 bits per heavy atom. The van der Waals surface area contributed by atoms with Crippen molar-refractivity contribution in [1.82, 2.24) is 15.3 Å². The van der Waals surface area contributed by atoms with Crippen molar-refractivity contribution in [2.24, 2.45) is 5.92 Å². The number of halogens is 2. The predicted molar refractivity (Wildman–Crippen MR) is 97.2 cm³/mol. The van der Waals surface area contributed by atoms with Crippen molar-refractivity contribution in [3.05, 3.63) is 47.3 Å². The molecule has 148 valence electrons. The first-order valence-electron chi connectivity index (χ1n) is 8.85. The van der Waals surface area contributed by atoms with E-state index >= 15 is 0 Å². The second-order valence-electron chi connectivity index (χ2n) is 6.47. The van der Waals surface area contributed by atoms with Gasteiger partial charge in [0.05, 0.1) is 0 Å². The number of hydrogen-bond acceptors (Lipinski definition) is 5. The summed E-state index contributed by atoms with van der Waals surface area (Å²) in [4.78, 5) is 32.3. The zero-order chi connectivity index (χ0) is 20.1. The minimum atomic E-state index is -2.57. The monoisotopic (exact) mass is 390 g/mol. The van der Waals surface area contributed by atoms with Gasteiger partial charge in [0.1, 0.15) is 5.82 Å². The predicted octanol–water partition coefficient (Wildman–Crippen LogP) is 2.71. The summed E-state index contributed by atoms with van der Waals surface area (Å²) in [7, 11) is 0. The number of anilines is 1. The van der Waals surface area contributed by atoms with Gasteiger partial charge in [-0.3, -0.25) is 9.59 Å². The zero-order valence-corrected chi connectivity index (χ0v) is 15.2. The first-order valence-corrected chi connectivity index (χ1v) is 8.85. The number of carbonyl (C=O) groups excluding carboxylic acids is 2. The van der Waals surface area contributed by atoms with Crippen LogP contribution in [0.3, 0.4) is 0 Å². The van der Waals surface area contributed by atoms with Crippen LogP contribution in [0.5, 0.6) is 5.88 Å². The maximum atomic E-state index is 12.4. The van der Waals surface area contributed by atoms with Crippen LogP contribution in [0.15, 0.2) is 30.5 Å². The normalized spacial score (nSPS) is 13.3. The molecule has 0 atom stereocenters. The number of ether oxygens (including phenoxy) is 1. The van der Waals surface area contributed by atoms with Crippen LogP contribution in [0.4, 0.5) is 14.6 Å². The summed E-state index contributed by atoms with van der Waals surface area (Å²) in [6.45, 7) is 1.19. The van der Waals surface area contributed by atoms with Crippen LogP contribution in [0, 0.1) is 12.8 Å². The van der Waals surface area contributed by atoms with Crippen LogP contribution in [0.1, 0.15) is 34.5 Å². The molecule has 2 aromatic heterocycles. The number of amides is 2. The zero-order valence-electron chi connectivity index (χ0n) is 15.2. The van der Waals surface area contributed by atoms with E-state index in [2.05, 4.69) is 20.6 Å². The molecule has 0 bridgehead atoms. The van der Waals surface area contributed by atoms with Gasteiger partial charge in [-0.2, -0.15) is 0 Å². The van der Waals surface area contributed by atoms with Crippen molar-refractivity contribution in [2.45, 2.75) is 32.7 Å². The molecule has 0 radical (unpaired) electrons. The number of rotatable bonds is 8. The van der Waals surface area contributed by atoms with Crippen LogP contribution in [0.2, 0.25) is 0 Å². The maximum absolute atomic E-state index is 12.4. The quantitative estimate of drug-likeness (QED) is 0.723. The lowest BCUT2D eigenvalue weighted by Gasteiger charge is -2.10. The fraction of sp³-hybridized carbons (Fsp3) is 0.368. The largest absolute Gasteiger partial charge is 0.472 e. The third kappa shape index (κ3) is 5.45. The summed E-state index contributed by atoms with van der Waals surface area (Å²) < 4.78 is 29.2. The highest BCUT2D eigenvalue weighted by atomic mass is 19.3. The van der Waals surface area contributed by atoms with Crippen molar-refractivity contribution in [1.29, 1.82) is 0 Å². The highest BCUT2D eigenvalue weighted by molar-refractivity contribution is 5.97. The van der Waals surface area contributed by atoms with Gasteiger partial charge in [-0.25, -0.2) is 18.7 Å². The second kappa shape index (κ2) is 8.73. The molecule has 2 amide bonds. The van der Waals surface area contributed by atoms with Crippen LogP contribution >= 0.6 is 0 Å². The summed E-state index contributed by atoms with van der Waals surface area (Å²) in [5.74, 6) is 0.0750. The van der Waals surface area contributed by atoms with Gasteiger partial charge in [-0.1, -0.05) is 6.07 Å². The molecule has 0 spiro atoms. The van der Waals surface area contributed by atoms with Crippen LogP contribution in [-0.2, 0) is 11.3 Å². The van der Waals surface area contributed by atoms with Gasteiger partial charge in [-0.15, -0.1) is 0 Å². The summed E-state index contributed by atoms with van der Waals surface area (Å²) in [6.07, 6.45) is 0.649. The molecule has 1 saturated carbocycles. The number of nitrogens with one attached hydrogen (secondary N) is 2. The molecule has 28 heavy (non-hydrogen) atoms. The molecule has 0 unspecified atom stereocenters. The average Bonchev–Trinajstić information content (AvgIpc) is 3.51. The molecular formula is C19H20F2N4O3. The Bertz CT molecular complexity index is 872. The van der Waals surface area contributed by atoms with E-state index in [1.807, 2.05) is 0 Å². The van der Waals surface area contributed by atoms with E-state index in [-0.39, 0.29) is 30.2 Å². The Hall–Kier alpha value is -3.10. The first-order chi connectivity index (χ1) is 13.4. The third-order valence-corrected chi connectivity index (χ3v) is 4.19. The number of pyridine rings is 2. The fourth-order valence-corrected chi connectivity index (χ4v) is 2.47. The number of alkyl halides is 2. The SMILES string of the molecule is Cc1nc(OCC(F)F)ccc1CNC(=O)c1ccnc(NC(=O)C2CC2)c1. The van der Waals surface area contributed by atoms with Gasteiger partial charge in [0, 0.05) is 36.0 Å². The third-order valence-electron chi connectivity index (χ3n) is 4.19. The number of aryl methyl sites for hydroxylation is 1. The lowest BCUT2D eigenvalue weighted by molar-refractivity contribution is -0.117. The number of carbonyl (C=O) groups is 2. The van der Waals surface area contributed by atoms with E-state index in [4.69, 9.17) is 4.74 Å². The molecule has 1 aliphatic rings. The Balaban J connectivity index is 1.57. The van der Waals surface area contributed by atoms with Crippen molar-refractivity contribution in [2.75, 3.05) is 11.9 Å². The topological polar surface area (TPSA) is 93.2 Å². The summed E-state index contributed by atoms with van der Waals surface area (Å²) in [5.41, 5.74) is 1.66. The average molecular weight is 390 g/mol. The van der Waals surface area contributed by atoms with Crippen molar-refractivity contribution in [3.8, 4) is 5.88 Å². The fourth-order valence-electron chi connectivity index (χ4n) is 2.47. The van der Waals surface area contributed by atoms with Crippen molar-refractivity contribution in [3.63, 3.8) is 0 Å². The Labute approximate surface area is 160 Å². The molecule has 9 heteroatoms. The van der Waals surface area contributed by atoms with E-state index in [0.717, 1.165) is 18.4 Å². The van der Waals surface area contributed by atoms with E-state index in [1.54, 1.807) is 19.1 Å². The molecule has 1 aliphatic carbocycles. The van der Waals surface area contributed by atoms with Gasteiger partial charge in [0.2, 0.25) is 11.8 Å². The van der Waals surface area contributed by atoms with Gasteiger partial charge in [-0.05, 0) is 37.5 Å². The van der Waals surface area contributed by atoms with Crippen molar-refractivity contribution >= 4 is 17.6 Å². The molecule has 2 N–H and O–H groups in total. The molecule has 3 rings (SSSR count). The van der Waals surface area contributed by atoms with Crippen molar-refractivity contribution < 1.29 is 23.1 Å². The lowest BCUT2D eigenvalue weighted by Crippen LogP contribution is -2.24. The highest BCUT2D eigenvalue weighted by Crippen LogP contribution is 2.29. The van der Waals surface area contributed by atoms with Crippen LogP contribution < -0.4 is 15.4 Å². The molecule has 0 saturated heterocycles. The number of hydrogen-bond donors (Lipinski definition) is 2. The summed E-state index contributed by atoms with van der Waals surface area (Å²) >= 11 is 0. The second-order valence-corrected chi connectivity index (χ2v) is 6.47. The van der Waals surface area contributed by atoms with E-state index in [0.29, 0.717) is 17.1 Å². The van der Waals surface area contributed by atoms with Gasteiger partial charge >= 0.3 is 0 Å². The molecule has 7 nitrogen and oxygen atoms in total. The van der Waals surface area contributed by atoms with Gasteiger partial charge < -0.3 is 15.4 Å². The first kappa shape index (κ1) is 19.7. The van der Waals surface area contributed by atoms with Crippen LogP contribution in [0.25, 0.3) is 0 Å². The molecule has 1 fully saturated rings. The Kier molecular flexibility index (Phi) is 6.13. The Morgan fingerprint density at radius 1 is 1.29 bits per heavy atom. The minimum Gasteiger partial charge on any atom is -0.472 e. The lowest BCUT2D eigenvalue weighted by atomic mass is 10.2. The smallest absolute Gasteiger partial charge is 0.272 e. The number of nitrogens with zero attached hydrogens (tertiary/aromatic N) is 2. The van der Waals surface area contributed by atoms with E-state index in [9.17, 15) is 18.4 Å². The van der Waals surface area contributed by atoms with E-state index < -0.39 is 13.0 Å². The molecule has 2 aromatic rings. The molecule has 0 aromatic carbocycles. The molecule has 0 aliphatic heterocycles. The van der Waals surface area contributed by atoms with Crippen LogP contribution in [-0.4, -0.2) is 34.8 Å². The van der Waals surface area contributed by atoms with Gasteiger partial charge in [0.15, 0.2) is 6.61 Å². The number of aromatic nitrogens is 2.